The number of aryl methyl sites for hydroxylation is 1. The number of nitro benzene ring substituents is 1. The molecule has 0 unspecified atom stereocenters. The van der Waals surface area contributed by atoms with Crippen molar-refractivity contribution >= 4 is 39.7 Å². The summed E-state index contributed by atoms with van der Waals surface area (Å²) in [7, 11) is 0. The Bertz CT molecular complexity index is 663. The molecule has 0 atom stereocenters. The molecule has 2 aromatic rings. The van der Waals surface area contributed by atoms with E-state index in [9.17, 15) is 10.1 Å². The number of nitrogens with zero attached hydrogens (tertiary/aromatic N) is 2. The normalized spacial score (nSPS) is 10.6. The number of halogens is 2. The van der Waals surface area contributed by atoms with Gasteiger partial charge in [0.05, 0.1) is 16.4 Å². The number of pyridine rings is 1. The Labute approximate surface area is 124 Å². The van der Waals surface area contributed by atoms with Gasteiger partial charge in [0.2, 0.25) is 0 Å². The van der Waals surface area contributed by atoms with Crippen molar-refractivity contribution in [2.75, 3.05) is 12.1 Å². The Kier molecular flexibility index (Phi) is 4.46. The van der Waals surface area contributed by atoms with Gasteiger partial charge in [0.1, 0.15) is 0 Å². The van der Waals surface area contributed by atoms with Crippen LogP contribution in [0.3, 0.4) is 0 Å². The molecule has 0 spiro atoms. The van der Waals surface area contributed by atoms with Crippen LogP contribution in [0.15, 0.2) is 18.5 Å². The monoisotopic (exact) mass is 316 g/mol. The molecule has 0 amide bonds. The van der Waals surface area contributed by atoms with Crippen molar-refractivity contribution < 1.29 is 14.4 Å². The standard InChI is InChI=1S/C12H10Cl2N2O4/c1-7-3-15-4-8-9(16(17)18)2-10(19-5-13)12(11(7)8)20-6-14/h2-4H,5-6H2,1H3. The molecule has 0 N–H and O–H groups in total. The Hall–Kier alpha value is -1.79. The first-order chi connectivity index (χ1) is 9.60. The van der Waals surface area contributed by atoms with E-state index in [1.165, 1.54) is 12.3 Å². The molecule has 0 bridgehead atoms. The molecule has 2 rings (SSSR count). The summed E-state index contributed by atoms with van der Waals surface area (Å²) in [6, 6.07) is 0.979. The van der Waals surface area contributed by atoms with Crippen molar-refractivity contribution in [3.63, 3.8) is 0 Å². The summed E-state index contributed by atoms with van der Waals surface area (Å²) in [4.78, 5) is 14.6. The zero-order valence-electron chi connectivity index (χ0n) is 10.4. The maximum absolute atomic E-state index is 11.2. The summed E-state index contributed by atoms with van der Waals surface area (Å²) < 4.78 is 10.6. The first-order valence-electron chi connectivity index (χ1n) is 5.53. The maximum atomic E-state index is 11.2. The van der Waals surface area contributed by atoms with Gasteiger partial charge in [-0.15, -0.1) is 0 Å². The van der Waals surface area contributed by atoms with Gasteiger partial charge in [0.15, 0.2) is 23.6 Å². The minimum atomic E-state index is -0.505. The Morgan fingerprint density at radius 2 is 2.00 bits per heavy atom. The number of nitro groups is 1. The van der Waals surface area contributed by atoms with E-state index in [1.807, 2.05) is 0 Å². The Balaban J connectivity index is 2.86. The van der Waals surface area contributed by atoms with Gasteiger partial charge in [-0.3, -0.25) is 15.1 Å². The van der Waals surface area contributed by atoms with Crippen molar-refractivity contribution in [3.05, 3.63) is 34.1 Å². The molecule has 0 aliphatic heterocycles. The Morgan fingerprint density at radius 1 is 1.30 bits per heavy atom. The van der Waals surface area contributed by atoms with E-state index in [-0.39, 0.29) is 23.6 Å². The van der Waals surface area contributed by atoms with Gasteiger partial charge in [-0.25, -0.2) is 0 Å². The number of ether oxygens (including phenoxy) is 2. The van der Waals surface area contributed by atoms with Crippen molar-refractivity contribution in [2.24, 2.45) is 0 Å². The summed E-state index contributed by atoms with van der Waals surface area (Å²) >= 11 is 11.1. The average molecular weight is 317 g/mol. The van der Waals surface area contributed by atoms with Gasteiger partial charge in [0.25, 0.3) is 5.69 Å². The fourth-order valence-corrected chi connectivity index (χ4v) is 2.19. The van der Waals surface area contributed by atoms with E-state index in [0.29, 0.717) is 22.1 Å². The summed E-state index contributed by atoms with van der Waals surface area (Å²) in [5.74, 6) is 0.496. The van der Waals surface area contributed by atoms with E-state index in [0.717, 1.165) is 0 Å². The zero-order valence-corrected chi connectivity index (χ0v) is 11.9. The molecule has 0 saturated carbocycles. The second kappa shape index (κ2) is 6.11. The van der Waals surface area contributed by atoms with Gasteiger partial charge in [-0.05, 0) is 12.5 Å². The minimum Gasteiger partial charge on any atom is -0.474 e. The van der Waals surface area contributed by atoms with Gasteiger partial charge < -0.3 is 9.47 Å². The van der Waals surface area contributed by atoms with Crippen molar-refractivity contribution in [2.45, 2.75) is 6.92 Å². The topological polar surface area (TPSA) is 74.5 Å². The van der Waals surface area contributed by atoms with Crippen LogP contribution in [0.5, 0.6) is 11.5 Å². The van der Waals surface area contributed by atoms with Crippen molar-refractivity contribution in [1.82, 2.24) is 4.98 Å². The van der Waals surface area contributed by atoms with Crippen LogP contribution in [0.2, 0.25) is 0 Å². The molecular formula is C12H10Cl2N2O4. The highest BCUT2D eigenvalue weighted by Crippen LogP contribution is 2.42. The molecule has 1 heterocycles. The third kappa shape index (κ3) is 2.57. The van der Waals surface area contributed by atoms with E-state index >= 15 is 0 Å². The molecule has 0 aliphatic carbocycles. The van der Waals surface area contributed by atoms with Crippen molar-refractivity contribution in [3.8, 4) is 11.5 Å². The van der Waals surface area contributed by atoms with Crippen LogP contribution in [0.1, 0.15) is 5.56 Å². The molecule has 0 aliphatic rings. The predicted molar refractivity (Wildman–Crippen MR) is 75.8 cm³/mol. The molecule has 8 heteroatoms. The number of hydrogen-bond donors (Lipinski definition) is 0. The van der Waals surface area contributed by atoms with E-state index in [1.54, 1.807) is 13.1 Å². The van der Waals surface area contributed by atoms with Crippen LogP contribution < -0.4 is 9.47 Å². The lowest BCUT2D eigenvalue weighted by Gasteiger charge is -2.14. The first kappa shape index (κ1) is 14.6. The quantitative estimate of drug-likeness (QED) is 0.478. The number of non-ortho nitro benzene ring substituents is 1. The zero-order chi connectivity index (χ0) is 14.7. The van der Waals surface area contributed by atoms with Crippen molar-refractivity contribution in [1.29, 1.82) is 0 Å². The third-order valence-corrected chi connectivity index (χ3v) is 2.95. The van der Waals surface area contributed by atoms with Gasteiger partial charge >= 0.3 is 0 Å². The van der Waals surface area contributed by atoms with Gasteiger partial charge in [-0.1, -0.05) is 23.2 Å². The fraction of sp³-hybridized carbons (Fsp3) is 0.250. The van der Waals surface area contributed by atoms with Crippen LogP contribution in [0.25, 0.3) is 10.8 Å². The van der Waals surface area contributed by atoms with Crippen LogP contribution >= 0.6 is 23.2 Å². The van der Waals surface area contributed by atoms with E-state index in [4.69, 9.17) is 32.7 Å². The molecule has 0 saturated heterocycles. The minimum absolute atomic E-state index is 0.118. The predicted octanol–water partition coefficient (Wildman–Crippen LogP) is 3.60. The smallest absolute Gasteiger partial charge is 0.282 e. The molecular weight excluding hydrogens is 307 g/mol. The highest BCUT2D eigenvalue weighted by molar-refractivity contribution is 6.17. The molecule has 1 aromatic heterocycles. The Morgan fingerprint density at radius 3 is 2.60 bits per heavy atom. The maximum Gasteiger partial charge on any atom is 0.282 e. The summed E-state index contributed by atoms with van der Waals surface area (Å²) in [5.41, 5.74) is 0.587. The summed E-state index contributed by atoms with van der Waals surface area (Å²) in [5, 5.41) is 12.1. The molecule has 20 heavy (non-hydrogen) atoms. The molecule has 106 valence electrons. The fourth-order valence-electron chi connectivity index (χ4n) is 1.97. The number of fused-ring (bicyclic) bond motifs is 1. The molecule has 0 radical (unpaired) electrons. The number of rotatable bonds is 5. The second-order valence-corrected chi connectivity index (χ2v) is 4.30. The lowest BCUT2D eigenvalue weighted by atomic mass is 10.1. The average Bonchev–Trinajstić information content (AvgIpc) is 2.41. The molecule has 1 aromatic carbocycles. The number of aromatic nitrogens is 1. The second-order valence-electron chi connectivity index (χ2n) is 3.87. The lowest BCUT2D eigenvalue weighted by Crippen LogP contribution is -2.01. The summed E-state index contributed by atoms with van der Waals surface area (Å²) in [6.07, 6.45) is 2.99. The van der Waals surface area contributed by atoms with Gasteiger partial charge in [-0.2, -0.15) is 0 Å². The largest absolute Gasteiger partial charge is 0.474 e. The van der Waals surface area contributed by atoms with Gasteiger partial charge in [0, 0.05) is 17.8 Å². The molecule has 6 nitrogen and oxygen atoms in total. The SMILES string of the molecule is Cc1cncc2c([N+](=O)[O-])cc(OCCl)c(OCCl)c12. The highest BCUT2D eigenvalue weighted by atomic mass is 35.5. The third-order valence-electron chi connectivity index (χ3n) is 2.74. The number of benzene rings is 1. The number of alkyl halides is 2. The lowest BCUT2D eigenvalue weighted by molar-refractivity contribution is -0.383. The summed E-state index contributed by atoms with van der Waals surface area (Å²) in [6.45, 7) is 1.77. The van der Waals surface area contributed by atoms with Crippen LogP contribution in [-0.4, -0.2) is 22.0 Å². The van der Waals surface area contributed by atoms with Crippen LogP contribution in [0, 0.1) is 17.0 Å². The number of hydrogen-bond acceptors (Lipinski definition) is 5. The van der Waals surface area contributed by atoms with E-state index < -0.39 is 4.92 Å². The van der Waals surface area contributed by atoms with E-state index in [2.05, 4.69) is 4.98 Å². The first-order valence-corrected chi connectivity index (χ1v) is 6.60. The van der Waals surface area contributed by atoms with Crippen LogP contribution in [0.4, 0.5) is 5.69 Å². The van der Waals surface area contributed by atoms with Crippen LogP contribution in [-0.2, 0) is 0 Å². The highest BCUT2D eigenvalue weighted by Gasteiger charge is 2.22. The molecule has 0 fully saturated rings.